The van der Waals surface area contributed by atoms with Gasteiger partial charge in [0.05, 0.1) is 18.1 Å². The Hall–Kier alpha value is -2.61. The fourth-order valence-electron chi connectivity index (χ4n) is 5.67. The van der Waals surface area contributed by atoms with Crippen molar-refractivity contribution in [2.75, 3.05) is 6.54 Å². The van der Waals surface area contributed by atoms with Crippen LogP contribution in [0.1, 0.15) is 68.5 Å². The van der Waals surface area contributed by atoms with E-state index in [1.807, 2.05) is 18.2 Å². The first-order chi connectivity index (χ1) is 15.4. The summed E-state index contributed by atoms with van der Waals surface area (Å²) in [6, 6.07) is 6.18. The number of amides is 3. The summed E-state index contributed by atoms with van der Waals surface area (Å²) in [4.78, 5) is 39.4. The summed E-state index contributed by atoms with van der Waals surface area (Å²) in [6.07, 6.45) is 7.10. The molecule has 8 nitrogen and oxygen atoms in total. The summed E-state index contributed by atoms with van der Waals surface area (Å²) in [7, 11) is 0. The number of carboxylic acid groups (broad SMARTS) is 1. The fourth-order valence-corrected chi connectivity index (χ4v) is 5.67. The molecule has 1 saturated heterocycles. The van der Waals surface area contributed by atoms with Gasteiger partial charge in [-0.2, -0.15) is 0 Å². The first-order valence-electron chi connectivity index (χ1n) is 11.9. The number of benzene rings is 1. The largest absolute Gasteiger partial charge is 0.465 e. The highest BCUT2D eigenvalue weighted by molar-refractivity contribution is 5.91. The topological polar surface area (TPSA) is 125 Å². The second-order valence-corrected chi connectivity index (χ2v) is 9.46. The van der Waals surface area contributed by atoms with Crippen LogP contribution in [0.2, 0.25) is 0 Å². The molecular formula is C24H34N4O4. The minimum Gasteiger partial charge on any atom is -0.465 e. The lowest BCUT2D eigenvalue weighted by Crippen LogP contribution is -2.54. The van der Waals surface area contributed by atoms with Crippen LogP contribution in [0.4, 0.5) is 4.79 Å². The minimum atomic E-state index is -1.15. The number of hydrogen-bond donors (Lipinski definition) is 4. The molecular weight excluding hydrogens is 408 g/mol. The molecule has 4 rings (SSSR count). The Balaban J connectivity index is 1.49. The molecule has 32 heavy (non-hydrogen) atoms. The summed E-state index contributed by atoms with van der Waals surface area (Å²) in [5.74, 6) is -0.349. The lowest BCUT2D eigenvalue weighted by atomic mass is 9.83. The number of carbonyl (C=O) groups is 3. The summed E-state index contributed by atoms with van der Waals surface area (Å²) in [5, 5.41) is 14.8. The summed E-state index contributed by atoms with van der Waals surface area (Å²) >= 11 is 0. The predicted octanol–water partition coefficient (Wildman–Crippen LogP) is 2.32. The molecule has 0 aromatic heterocycles. The smallest absolute Gasteiger partial charge is 0.404 e. The third-order valence-electron chi connectivity index (χ3n) is 7.34. The number of hydrogen-bond acceptors (Lipinski definition) is 4. The van der Waals surface area contributed by atoms with Crippen LogP contribution in [-0.2, 0) is 16.0 Å². The maximum atomic E-state index is 13.3. The van der Waals surface area contributed by atoms with Crippen molar-refractivity contribution in [3.63, 3.8) is 0 Å². The van der Waals surface area contributed by atoms with Crippen LogP contribution in [0.3, 0.4) is 0 Å². The van der Waals surface area contributed by atoms with Gasteiger partial charge >= 0.3 is 6.09 Å². The minimum absolute atomic E-state index is 0.0945. The highest BCUT2D eigenvalue weighted by Crippen LogP contribution is 2.31. The molecule has 1 aromatic carbocycles. The van der Waals surface area contributed by atoms with Gasteiger partial charge in [0.1, 0.15) is 6.04 Å². The van der Waals surface area contributed by atoms with Crippen LogP contribution < -0.4 is 16.4 Å². The lowest BCUT2D eigenvalue weighted by molar-refractivity contribution is -0.140. The van der Waals surface area contributed by atoms with Crippen LogP contribution in [0.15, 0.2) is 24.3 Å². The Labute approximate surface area is 188 Å². The molecule has 174 valence electrons. The van der Waals surface area contributed by atoms with Crippen LogP contribution in [-0.4, -0.2) is 52.6 Å². The average Bonchev–Trinajstić information content (AvgIpc) is 3.22. The molecule has 1 heterocycles. The number of aryl methyl sites for hydroxylation is 1. The first-order valence-corrected chi connectivity index (χ1v) is 11.9. The second-order valence-electron chi connectivity index (χ2n) is 9.46. The standard InChI is InChI=1S/C24H34N4O4/c25-21(16-8-2-1-3-9-16)23(30)28-14-17(26-24(31)32)13-20(28)22(29)27-19-12-6-10-15-7-4-5-11-18(15)19/h4-5,7,11,16-17,19-21,26H,1-3,6,8-10,12-14,25H2,(H,27,29)(H,31,32)/t17-,19+,20-,21-/m0/s1. The number of fused-ring (bicyclic) bond motifs is 1. The van der Waals surface area contributed by atoms with Gasteiger partial charge in [0.2, 0.25) is 11.8 Å². The number of likely N-dealkylation sites (tertiary alicyclic amines) is 1. The van der Waals surface area contributed by atoms with E-state index in [-0.39, 0.29) is 36.7 Å². The van der Waals surface area contributed by atoms with E-state index in [4.69, 9.17) is 10.8 Å². The summed E-state index contributed by atoms with van der Waals surface area (Å²) < 4.78 is 0. The Bertz CT molecular complexity index is 854. The quantitative estimate of drug-likeness (QED) is 0.557. The lowest BCUT2D eigenvalue weighted by Gasteiger charge is -2.33. The van der Waals surface area contributed by atoms with Gasteiger partial charge in [0, 0.05) is 6.54 Å². The van der Waals surface area contributed by atoms with Gasteiger partial charge in [-0.15, -0.1) is 0 Å². The van der Waals surface area contributed by atoms with Crippen LogP contribution in [0, 0.1) is 5.92 Å². The van der Waals surface area contributed by atoms with Crippen molar-refractivity contribution >= 4 is 17.9 Å². The molecule has 0 radical (unpaired) electrons. The molecule has 3 aliphatic rings. The normalized spacial score (nSPS) is 26.8. The van der Waals surface area contributed by atoms with Gasteiger partial charge in [0.25, 0.3) is 0 Å². The number of carbonyl (C=O) groups excluding carboxylic acids is 2. The highest BCUT2D eigenvalue weighted by atomic mass is 16.4. The van der Waals surface area contributed by atoms with E-state index in [2.05, 4.69) is 16.7 Å². The van der Waals surface area contributed by atoms with E-state index >= 15 is 0 Å². The molecule has 1 aromatic rings. The predicted molar refractivity (Wildman–Crippen MR) is 120 cm³/mol. The zero-order valence-electron chi connectivity index (χ0n) is 18.5. The Morgan fingerprint density at radius 3 is 2.53 bits per heavy atom. The van der Waals surface area contributed by atoms with E-state index < -0.39 is 24.2 Å². The third kappa shape index (κ3) is 4.90. The van der Waals surface area contributed by atoms with Crippen molar-refractivity contribution < 1.29 is 19.5 Å². The maximum absolute atomic E-state index is 13.3. The van der Waals surface area contributed by atoms with Crippen molar-refractivity contribution in [2.45, 2.75) is 82.0 Å². The second kappa shape index (κ2) is 9.90. The number of rotatable bonds is 5. The van der Waals surface area contributed by atoms with Crippen molar-refractivity contribution in [3.8, 4) is 0 Å². The molecule has 3 amide bonds. The van der Waals surface area contributed by atoms with Crippen molar-refractivity contribution in [1.82, 2.24) is 15.5 Å². The van der Waals surface area contributed by atoms with E-state index in [1.165, 1.54) is 16.9 Å². The SMILES string of the molecule is N[C@H](C(=O)N1C[C@@H](NC(=O)O)C[C@H]1C(=O)N[C@@H]1CCCc2ccccc21)C1CCCCC1. The zero-order valence-corrected chi connectivity index (χ0v) is 18.5. The van der Waals surface area contributed by atoms with Crippen LogP contribution in [0.5, 0.6) is 0 Å². The zero-order chi connectivity index (χ0) is 22.7. The fraction of sp³-hybridized carbons (Fsp3) is 0.625. The van der Waals surface area contributed by atoms with Gasteiger partial charge in [-0.25, -0.2) is 4.79 Å². The molecule has 8 heteroatoms. The molecule has 4 atom stereocenters. The van der Waals surface area contributed by atoms with Crippen LogP contribution in [0.25, 0.3) is 0 Å². The number of nitrogens with zero attached hydrogens (tertiary/aromatic N) is 1. The van der Waals surface area contributed by atoms with E-state index in [9.17, 15) is 14.4 Å². The summed E-state index contributed by atoms with van der Waals surface area (Å²) in [5.41, 5.74) is 8.74. The molecule has 1 saturated carbocycles. The average molecular weight is 443 g/mol. The van der Waals surface area contributed by atoms with E-state index in [0.29, 0.717) is 0 Å². The van der Waals surface area contributed by atoms with E-state index in [1.54, 1.807) is 0 Å². The summed E-state index contributed by atoms with van der Waals surface area (Å²) in [6.45, 7) is 0.172. The number of nitrogens with two attached hydrogens (primary N) is 1. The van der Waals surface area contributed by atoms with Crippen LogP contribution >= 0.6 is 0 Å². The third-order valence-corrected chi connectivity index (χ3v) is 7.34. The van der Waals surface area contributed by atoms with Gasteiger partial charge in [0.15, 0.2) is 0 Å². The van der Waals surface area contributed by atoms with Gasteiger partial charge in [-0.1, -0.05) is 43.5 Å². The first kappa shape index (κ1) is 22.6. The molecule has 5 N–H and O–H groups in total. The van der Waals surface area contributed by atoms with Gasteiger partial charge in [-0.3, -0.25) is 9.59 Å². The van der Waals surface area contributed by atoms with Gasteiger partial charge in [-0.05, 0) is 55.6 Å². The Morgan fingerprint density at radius 1 is 1.03 bits per heavy atom. The molecule has 1 aliphatic heterocycles. The highest BCUT2D eigenvalue weighted by Gasteiger charge is 2.43. The van der Waals surface area contributed by atoms with Crippen molar-refractivity contribution in [3.05, 3.63) is 35.4 Å². The molecule has 2 fully saturated rings. The molecule has 0 bridgehead atoms. The van der Waals surface area contributed by atoms with Gasteiger partial charge < -0.3 is 26.4 Å². The molecule has 0 spiro atoms. The monoisotopic (exact) mass is 442 g/mol. The van der Waals surface area contributed by atoms with Crippen molar-refractivity contribution in [1.29, 1.82) is 0 Å². The van der Waals surface area contributed by atoms with E-state index in [0.717, 1.165) is 50.5 Å². The number of nitrogens with one attached hydrogen (secondary N) is 2. The maximum Gasteiger partial charge on any atom is 0.404 e. The molecule has 2 aliphatic carbocycles. The Morgan fingerprint density at radius 2 is 1.78 bits per heavy atom. The Kier molecular flexibility index (Phi) is 6.98. The molecule has 0 unspecified atom stereocenters. The van der Waals surface area contributed by atoms with Crippen molar-refractivity contribution in [2.24, 2.45) is 11.7 Å².